The van der Waals surface area contributed by atoms with Crippen molar-refractivity contribution in [2.24, 2.45) is 0 Å². The Bertz CT molecular complexity index is 625. The van der Waals surface area contributed by atoms with E-state index in [0.29, 0.717) is 0 Å². The van der Waals surface area contributed by atoms with E-state index in [0.717, 1.165) is 49.1 Å². The van der Waals surface area contributed by atoms with E-state index in [1.165, 1.54) is 0 Å². The largest absolute Gasteiger partial charge is 0.297 e. The SMILES string of the molecule is C=CCCC[C@@H](CCCC)NP(=O)(c1ccccc1)c1ccccc1. The van der Waals surface area contributed by atoms with Crippen LogP contribution in [-0.2, 0) is 4.57 Å². The molecular formula is C22H30NOP. The number of nitrogens with one attached hydrogen (secondary N) is 1. The first-order valence-corrected chi connectivity index (χ1v) is 11.0. The van der Waals surface area contributed by atoms with Crippen molar-refractivity contribution in [2.45, 2.75) is 51.5 Å². The Labute approximate surface area is 152 Å². The summed E-state index contributed by atoms with van der Waals surface area (Å²) in [5, 5.41) is 5.34. The van der Waals surface area contributed by atoms with Crippen LogP contribution in [-0.4, -0.2) is 6.04 Å². The minimum Gasteiger partial charge on any atom is -0.297 e. The first-order chi connectivity index (χ1) is 12.2. The Hall–Kier alpha value is -1.63. The average molecular weight is 355 g/mol. The molecule has 2 rings (SSSR count). The van der Waals surface area contributed by atoms with Gasteiger partial charge in [-0.05, 0) is 49.9 Å². The van der Waals surface area contributed by atoms with Crippen molar-refractivity contribution in [3.05, 3.63) is 73.3 Å². The Balaban J connectivity index is 2.30. The highest BCUT2D eigenvalue weighted by Crippen LogP contribution is 2.40. The second kappa shape index (κ2) is 10.4. The maximum absolute atomic E-state index is 14.1. The molecule has 2 aromatic carbocycles. The van der Waals surface area contributed by atoms with Crippen molar-refractivity contribution in [3.8, 4) is 0 Å². The fraction of sp³-hybridized carbons (Fsp3) is 0.364. The topological polar surface area (TPSA) is 29.1 Å². The lowest BCUT2D eigenvalue weighted by Crippen LogP contribution is -2.35. The highest BCUT2D eigenvalue weighted by molar-refractivity contribution is 7.76. The number of rotatable bonds is 11. The molecule has 0 saturated heterocycles. The van der Waals surface area contributed by atoms with Gasteiger partial charge in [-0.3, -0.25) is 9.65 Å². The van der Waals surface area contributed by atoms with Gasteiger partial charge in [-0.25, -0.2) is 0 Å². The molecule has 1 atom stereocenters. The Morgan fingerprint density at radius 1 is 0.960 bits per heavy atom. The molecule has 2 aromatic rings. The molecule has 0 amide bonds. The van der Waals surface area contributed by atoms with E-state index in [1.807, 2.05) is 66.7 Å². The number of unbranched alkanes of at least 4 members (excludes halogenated alkanes) is 2. The van der Waals surface area contributed by atoms with Gasteiger partial charge in [-0.15, -0.1) is 6.58 Å². The third kappa shape index (κ3) is 5.70. The zero-order valence-corrected chi connectivity index (χ0v) is 16.1. The van der Waals surface area contributed by atoms with E-state index < -0.39 is 7.29 Å². The van der Waals surface area contributed by atoms with Gasteiger partial charge in [-0.1, -0.05) is 62.2 Å². The molecule has 0 spiro atoms. The molecule has 1 N–H and O–H groups in total. The first-order valence-electron chi connectivity index (χ1n) is 9.30. The van der Waals surface area contributed by atoms with Crippen LogP contribution in [0.15, 0.2) is 73.3 Å². The number of allylic oxidation sites excluding steroid dienone is 1. The van der Waals surface area contributed by atoms with Gasteiger partial charge in [0.25, 0.3) is 0 Å². The predicted octanol–water partition coefficient (Wildman–Crippen LogP) is 5.42. The molecule has 0 unspecified atom stereocenters. The Kier molecular flexibility index (Phi) is 8.18. The summed E-state index contributed by atoms with van der Waals surface area (Å²) in [5.74, 6) is 0. The van der Waals surface area contributed by atoms with Crippen LogP contribution in [0, 0.1) is 0 Å². The smallest absolute Gasteiger partial charge is 0.204 e. The molecule has 0 radical (unpaired) electrons. The van der Waals surface area contributed by atoms with Crippen molar-refractivity contribution in [3.63, 3.8) is 0 Å². The van der Waals surface area contributed by atoms with Crippen LogP contribution >= 0.6 is 7.29 Å². The van der Waals surface area contributed by atoms with Crippen molar-refractivity contribution in [1.29, 1.82) is 0 Å². The van der Waals surface area contributed by atoms with E-state index >= 15 is 0 Å². The van der Waals surface area contributed by atoms with Gasteiger partial charge in [0.05, 0.1) is 0 Å². The summed E-state index contributed by atoms with van der Waals surface area (Å²) in [6.45, 7) is 6.02. The summed E-state index contributed by atoms with van der Waals surface area (Å²) in [6, 6.07) is 19.9. The Morgan fingerprint density at radius 2 is 1.48 bits per heavy atom. The van der Waals surface area contributed by atoms with Crippen LogP contribution in [0.3, 0.4) is 0 Å². The normalized spacial score (nSPS) is 12.7. The molecule has 0 aliphatic rings. The van der Waals surface area contributed by atoms with Crippen LogP contribution in [0.25, 0.3) is 0 Å². The van der Waals surface area contributed by atoms with Gasteiger partial charge in [0.15, 0.2) is 0 Å². The van der Waals surface area contributed by atoms with Crippen LogP contribution in [0.2, 0.25) is 0 Å². The van der Waals surface area contributed by atoms with Gasteiger partial charge in [0.1, 0.15) is 0 Å². The third-order valence-corrected chi connectivity index (χ3v) is 7.25. The molecule has 0 aliphatic heterocycles. The fourth-order valence-electron chi connectivity index (χ4n) is 3.06. The number of benzene rings is 2. The van der Waals surface area contributed by atoms with Gasteiger partial charge in [-0.2, -0.15) is 0 Å². The van der Waals surface area contributed by atoms with Gasteiger partial charge >= 0.3 is 0 Å². The number of hydrogen-bond donors (Lipinski definition) is 1. The predicted molar refractivity (Wildman–Crippen MR) is 110 cm³/mol. The molecular weight excluding hydrogens is 325 g/mol. The molecule has 0 fully saturated rings. The fourth-order valence-corrected chi connectivity index (χ4v) is 5.62. The van der Waals surface area contributed by atoms with Gasteiger partial charge in [0, 0.05) is 16.7 Å². The van der Waals surface area contributed by atoms with Crippen molar-refractivity contribution in [1.82, 2.24) is 5.09 Å². The monoisotopic (exact) mass is 355 g/mol. The Morgan fingerprint density at radius 3 is 1.96 bits per heavy atom. The van der Waals surface area contributed by atoms with E-state index in [9.17, 15) is 4.57 Å². The van der Waals surface area contributed by atoms with Crippen molar-refractivity contribution in [2.75, 3.05) is 0 Å². The second-order valence-corrected chi connectivity index (χ2v) is 8.98. The molecule has 0 saturated carbocycles. The maximum atomic E-state index is 14.1. The third-order valence-electron chi connectivity index (χ3n) is 4.47. The summed E-state index contributed by atoms with van der Waals surface area (Å²) >= 11 is 0. The maximum Gasteiger partial charge on any atom is 0.204 e. The zero-order valence-electron chi connectivity index (χ0n) is 15.2. The average Bonchev–Trinajstić information content (AvgIpc) is 2.67. The molecule has 0 bridgehead atoms. The summed E-state index contributed by atoms with van der Waals surface area (Å²) in [4.78, 5) is 0. The lowest BCUT2D eigenvalue weighted by Gasteiger charge is -2.27. The zero-order chi connectivity index (χ0) is 18.0. The first kappa shape index (κ1) is 19.7. The van der Waals surface area contributed by atoms with E-state index in [4.69, 9.17) is 0 Å². The molecule has 0 aromatic heterocycles. The van der Waals surface area contributed by atoms with Crippen LogP contribution in [0.4, 0.5) is 0 Å². The van der Waals surface area contributed by atoms with Crippen LogP contribution < -0.4 is 15.7 Å². The highest BCUT2D eigenvalue weighted by atomic mass is 31.2. The standard InChI is InChI=1S/C22H30NOP/c1-3-5-9-15-20(14-6-4-2)23-25(24,21-16-10-7-11-17-21)22-18-12-8-13-19-22/h3,7-8,10-13,16-20H,1,4-6,9,14-15H2,2H3,(H,23,24)/t20-/m1/s1. The minimum absolute atomic E-state index is 0.256. The molecule has 3 heteroatoms. The summed E-state index contributed by atoms with van der Waals surface area (Å²) in [6.07, 6.45) is 8.42. The molecule has 2 nitrogen and oxygen atoms in total. The minimum atomic E-state index is -2.84. The summed E-state index contributed by atoms with van der Waals surface area (Å²) < 4.78 is 14.1. The lowest BCUT2D eigenvalue weighted by molar-refractivity contribution is 0.482. The summed E-state index contributed by atoms with van der Waals surface area (Å²) in [5.41, 5.74) is 0. The van der Waals surface area contributed by atoms with Crippen LogP contribution in [0.1, 0.15) is 45.4 Å². The lowest BCUT2D eigenvalue weighted by atomic mass is 10.0. The quantitative estimate of drug-likeness (QED) is 0.331. The van der Waals surface area contributed by atoms with Gasteiger partial charge < -0.3 is 0 Å². The summed E-state index contributed by atoms with van der Waals surface area (Å²) in [7, 11) is -2.84. The highest BCUT2D eigenvalue weighted by Gasteiger charge is 2.29. The molecule has 0 aliphatic carbocycles. The van der Waals surface area contributed by atoms with Gasteiger partial charge in [0.2, 0.25) is 7.29 Å². The number of hydrogen-bond acceptors (Lipinski definition) is 1. The second-order valence-electron chi connectivity index (χ2n) is 6.47. The van der Waals surface area contributed by atoms with E-state index in [2.05, 4.69) is 18.6 Å². The molecule has 0 heterocycles. The van der Waals surface area contributed by atoms with E-state index in [-0.39, 0.29) is 6.04 Å². The van der Waals surface area contributed by atoms with Crippen molar-refractivity contribution >= 4 is 17.9 Å². The van der Waals surface area contributed by atoms with E-state index in [1.54, 1.807) is 0 Å². The molecule has 25 heavy (non-hydrogen) atoms. The van der Waals surface area contributed by atoms with Crippen molar-refractivity contribution < 1.29 is 4.57 Å². The van der Waals surface area contributed by atoms with Crippen LogP contribution in [0.5, 0.6) is 0 Å². The molecule has 134 valence electrons.